The summed E-state index contributed by atoms with van der Waals surface area (Å²) in [7, 11) is -3.82. The third-order valence-electron chi connectivity index (χ3n) is 2.93. The zero-order valence-electron chi connectivity index (χ0n) is 13.7. The maximum absolute atomic E-state index is 12.1. The summed E-state index contributed by atoms with van der Waals surface area (Å²) in [6, 6.07) is 5.79. The molecule has 0 bridgehead atoms. The van der Waals surface area contributed by atoms with Gasteiger partial charge in [0.1, 0.15) is 5.84 Å². The summed E-state index contributed by atoms with van der Waals surface area (Å²) in [6.45, 7) is 0. The number of aliphatic imine (C=N–C) groups is 1. The molecule has 0 atom stereocenters. The zero-order chi connectivity index (χ0) is 19.2. The molecule has 0 aliphatic carbocycles. The molecule has 140 valence electrons. The van der Waals surface area contributed by atoms with Crippen LogP contribution in [0.25, 0.3) is 0 Å². The van der Waals surface area contributed by atoms with Crippen molar-refractivity contribution in [1.29, 1.82) is 0 Å². The number of sulfonamides is 1. The number of nitrogens with zero attached hydrogens (tertiary/aromatic N) is 3. The molecule has 1 heterocycles. The van der Waals surface area contributed by atoms with Crippen LogP contribution in [0.1, 0.15) is 12.1 Å². The van der Waals surface area contributed by atoms with Crippen LogP contribution in [0.5, 0.6) is 0 Å². The van der Waals surface area contributed by atoms with Crippen LogP contribution in [0.4, 0.5) is 10.8 Å². The van der Waals surface area contributed by atoms with Gasteiger partial charge in [-0.1, -0.05) is 0 Å². The number of hydrogen-bond acceptors (Lipinski definition) is 7. The number of benzene rings is 1. The van der Waals surface area contributed by atoms with E-state index in [1.165, 1.54) is 35.6 Å². The highest BCUT2D eigenvalue weighted by Gasteiger charge is 2.13. The number of nitrogens with two attached hydrogens (primary N) is 4. The first-order valence-electron chi connectivity index (χ1n) is 7.33. The van der Waals surface area contributed by atoms with Gasteiger partial charge < -0.3 is 22.9 Å². The minimum Gasteiger partial charge on any atom is -0.399 e. The molecule has 0 saturated heterocycles. The molecule has 0 aliphatic rings. The summed E-state index contributed by atoms with van der Waals surface area (Å²) in [5.41, 5.74) is 23.2. The van der Waals surface area contributed by atoms with E-state index in [2.05, 4.69) is 14.4 Å². The second-order valence-corrected chi connectivity index (χ2v) is 8.63. The minimum absolute atomic E-state index is 0.0372. The van der Waals surface area contributed by atoms with Crippen molar-refractivity contribution in [2.24, 2.45) is 26.6 Å². The second-order valence-electron chi connectivity index (χ2n) is 5.09. The van der Waals surface area contributed by atoms with Crippen molar-refractivity contribution in [3.8, 4) is 0 Å². The normalized spacial score (nSPS) is 12.1. The number of amidine groups is 1. The van der Waals surface area contributed by atoms with E-state index in [1.807, 2.05) is 5.38 Å². The van der Waals surface area contributed by atoms with Crippen LogP contribution in [-0.2, 0) is 15.8 Å². The van der Waals surface area contributed by atoms with Crippen molar-refractivity contribution in [3.63, 3.8) is 0 Å². The number of anilines is 1. The summed E-state index contributed by atoms with van der Waals surface area (Å²) in [5.74, 6) is 1.25. The number of rotatable bonds is 8. The molecule has 2 aromatic rings. The predicted molar refractivity (Wildman–Crippen MR) is 108 cm³/mol. The summed E-state index contributed by atoms with van der Waals surface area (Å²) < 4.78 is 27.9. The number of hydrogen-bond donors (Lipinski definition) is 4. The molecule has 0 saturated carbocycles. The monoisotopic (exact) mass is 413 g/mol. The first-order chi connectivity index (χ1) is 12.3. The van der Waals surface area contributed by atoms with Gasteiger partial charge in [-0.05, 0) is 24.3 Å². The van der Waals surface area contributed by atoms with Crippen LogP contribution >= 0.6 is 23.1 Å². The number of thioether (sulfide) groups is 1. The van der Waals surface area contributed by atoms with Crippen molar-refractivity contribution in [3.05, 3.63) is 35.3 Å². The standard InChI is InChI=1S/C14H19N7O2S3/c15-9-1-3-11(4-2-9)26(22,23)21-12(16)5-6-24-7-10-8-25-14(19-10)20-13(17)18/h1-4,8H,5-7,15H2,(H2,16,21)(H4,17,18,19,20). The fourth-order valence-electron chi connectivity index (χ4n) is 1.77. The summed E-state index contributed by atoms with van der Waals surface area (Å²) >= 11 is 2.89. The quantitative estimate of drug-likeness (QED) is 0.214. The Balaban J connectivity index is 1.85. The highest BCUT2D eigenvalue weighted by molar-refractivity contribution is 7.98. The Morgan fingerprint density at radius 1 is 1.19 bits per heavy atom. The van der Waals surface area contributed by atoms with Crippen LogP contribution in [-0.4, -0.2) is 30.9 Å². The van der Waals surface area contributed by atoms with E-state index in [0.717, 1.165) is 5.69 Å². The van der Waals surface area contributed by atoms with E-state index < -0.39 is 10.0 Å². The SMILES string of the molecule is NC(N)=Nc1nc(CSCC/C(N)=N\S(=O)(=O)c2ccc(N)cc2)cs1. The molecule has 1 aromatic carbocycles. The molecule has 2 rings (SSSR count). The van der Waals surface area contributed by atoms with E-state index in [1.54, 1.807) is 11.8 Å². The molecular weight excluding hydrogens is 394 g/mol. The fraction of sp³-hybridized carbons (Fsp3) is 0.214. The van der Waals surface area contributed by atoms with Crippen molar-refractivity contribution >= 4 is 55.7 Å². The van der Waals surface area contributed by atoms with Gasteiger partial charge in [0, 0.05) is 29.0 Å². The Kier molecular flexibility index (Phi) is 6.83. The van der Waals surface area contributed by atoms with E-state index >= 15 is 0 Å². The lowest BCUT2D eigenvalue weighted by molar-refractivity contribution is 0.598. The third kappa shape index (κ3) is 6.20. The lowest BCUT2D eigenvalue weighted by atomic mass is 10.3. The molecule has 0 radical (unpaired) electrons. The Morgan fingerprint density at radius 3 is 2.54 bits per heavy atom. The molecule has 8 N–H and O–H groups in total. The highest BCUT2D eigenvalue weighted by atomic mass is 32.2. The van der Waals surface area contributed by atoms with Crippen LogP contribution < -0.4 is 22.9 Å². The Hall–Kier alpha value is -2.31. The summed E-state index contributed by atoms with van der Waals surface area (Å²) in [6.07, 6.45) is 0.337. The second kappa shape index (κ2) is 8.87. The number of nitrogen functional groups attached to an aromatic ring is 1. The van der Waals surface area contributed by atoms with Gasteiger partial charge in [-0.2, -0.15) is 25.2 Å². The van der Waals surface area contributed by atoms with Crippen LogP contribution in [0, 0.1) is 0 Å². The van der Waals surface area contributed by atoms with Gasteiger partial charge >= 0.3 is 0 Å². The van der Waals surface area contributed by atoms with Gasteiger partial charge in [-0.3, -0.25) is 0 Å². The Bertz CT molecular complexity index is 901. The Morgan fingerprint density at radius 2 is 1.88 bits per heavy atom. The molecule has 0 fully saturated rings. The van der Waals surface area contributed by atoms with Crippen molar-refractivity contribution < 1.29 is 8.42 Å². The van der Waals surface area contributed by atoms with E-state index in [0.29, 0.717) is 28.7 Å². The van der Waals surface area contributed by atoms with Gasteiger partial charge in [-0.15, -0.1) is 15.7 Å². The zero-order valence-corrected chi connectivity index (χ0v) is 16.1. The van der Waals surface area contributed by atoms with Gasteiger partial charge in [0.2, 0.25) is 5.13 Å². The molecular formula is C14H19N7O2S3. The van der Waals surface area contributed by atoms with Gasteiger partial charge in [-0.25, -0.2) is 4.98 Å². The lowest BCUT2D eigenvalue weighted by Gasteiger charge is -2.03. The molecule has 0 unspecified atom stereocenters. The van der Waals surface area contributed by atoms with Crippen LogP contribution in [0.15, 0.2) is 43.9 Å². The smallest absolute Gasteiger partial charge is 0.283 e. The molecule has 26 heavy (non-hydrogen) atoms. The first kappa shape index (κ1) is 20.0. The molecule has 1 aromatic heterocycles. The molecule has 12 heteroatoms. The predicted octanol–water partition coefficient (Wildman–Crippen LogP) is 1.000. The lowest BCUT2D eigenvalue weighted by Crippen LogP contribution is -2.21. The van der Waals surface area contributed by atoms with Crippen molar-refractivity contribution in [2.75, 3.05) is 11.5 Å². The maximum Gasteiger partial charge on any atom is 0.283 e. The molecule has 9 nitrogen and oxygen atoms in total. The van der Waals surface area contributed by atoms with Crippen molar-refractivity contribution in [2.45, 2.75) is 17.1 Å². The van der Waals surface area contributed by atoms with E-state index in [9.17, 15) is 8.42 Å². The average molecular weight is 414 g/mol. The summed E-state index contributed by atoms with van der Waals surface area (Å²) in [5, 5.41) is 2.36. The summed E-state index contributed by atoms with van der Waals surface area (Å²) in [4.78, 5) is 8.18. The topological polar surface area (TPSA) is 176 Å². The fourth-order valence-corrected chi connectivity index (χ4v) is 4.42. The van der Waals surface area contributed by atoms with Gasteiger partial charge in [0.05, 0.1) is 10.6 Å². The number of aromatic nitrogens is 1. The highest BCUT2D eigenvalue weighted by Crippen LogP contribution is 2.22. The van der Waals surface area contributed by atoms with Crippen LogP contribution in [0.2, 0.25) is 0 Å². The largest absolute Gasteiger partial charge is 0.399 e. The minimum atomic E-state index is -3.82. The number of guanidine groups is 1. The van der Waals surface area contributed by atoms with E-state index in [-0.39, 0.29) is 16.7 Å². The number of thiazole rings is 1. The van der Waals surface area contributed by atoms with Crippen LogP contribution in [0.3, 0.4) is 0 Å². The van der Waals surface area contributed by atoms with Gasteiger partial charge in [0.25, 0.3) is 10.0 Å². The molecule has 0 aliphatic heterocycles. The molecule has 0 spiro atoms. The van der Waals surface area contributed by atoms with E-state index in [4.69, 9.17) is 22.9 Å². The average Bonchev–Trinajstić information content (AvgIpc) is 2.98. The van der Waals surface area contributed by atoms with Gasteiger partial charge in [0.15, 0.2) is 5.96 Å². The molecule has 0 amide bonds. The Labute approximate surface area is 159 Å². The third-order valence-corrected chi connectivity index (χ3v) is 6.05. The maximum atomic E-state index is 12.1. The van der Waals surface area contributed by atoms with Crippen molar-refractivity contribution in [1.82, 2.24) is 4.98 Å². The first-order valence-corrected chi connectivity index (χ1v) is 10.8.